The molecular formula is C16H18N4. The van der Waals surface area contributed by atoms with Crippen molar-refractivity contribution in [3.63, 3.8) is 0 Å². The summed E-state index contributed by atoms with van der Waals surface area (Å²) in [4.78, 5) is 4.21. The molecule has 0 unspecified atom stereocenters. The highest BCUT2D eigenvalue weighted by Crippen LogP contribution is 2.23. The van der Waals surface area contributed by atoms with Crippen LogP contribution < -0.4 is 5.32 Å². The van der Waals surface area contributed by atoms with Crippen LogP contribution in [0.2, 0.25) is 0 Å². The van der Waals surface area contributed by atoms with Crippen LogP contribution in [0.5, 0.6) is 0 Å². The lowest BCUT2D eigenvalue weighted by molar-refractivity contribution is 0.730. The van der Waals surface area contributed by atoms with E-state index < -0.39 is 0 Å². The lowest BCUT2D eigenvalue weighted by Gasteiger charge is -2.10. The summed E-state index contributed by atoms with van der Waals surface area (Å²) >= 11 is 0. The topological polar surface area (TPSA) is 42.7 Å². The second kappa shape index (κ2) is 4.96. The molecule has 3 rings (SSSR count). The van der Waals surface area contributed by atoms with Crippen molar-refractivity contribution in [3.05, 3.63) is 53.6 Å². The van der Waals surface area contributed by atoms with Gasteiger partial charge in [0.15, 0.2) is 0 Å². The molecule has 102 valence electrons. The molecule has 0 radical (unpaired) electrons. The molecule has 0 aliphatic carbocycles. The summed E-state index contributed by atoms with van der Waals surface area (Å²) in [5, 5.41) is 10.3. The molecule has 2 aromatic heterocycles. The second-order valence-corrected chi connectivity index (χ2v) is 5.03. The second-order valence-electron chi connectivity index (χ2n) is 5.03. The Bertz CT molecular complexity index is 753. The van der Waals surface area contributed by atoms with Crippen LogP contribution in [0.1, 0.15) is 17.0 Å². The van der Waals surface area contributed by atoms with Gasteiger partial charge in [-0.2, -0.15) is 5.10 Å². The molecule has 0 amide bonds. The van der Waals surface area contributed by atoms with Crippen molar-refractivity contribution in [2.45, 2.75) is 20.4 Å². The van der Waals surface area contributed by atoms with Gasteiger partial charge in [-0.1, -0.05) is 12.1 Å². The van der Waals surface area contributed by atoms with Gasteiger partial charge in [0.25, 0.3) is 0 Å². The first-order valence-electron chi connectivity index (χ1n) is 6.72. The Balaban J connectivity index is 1.91. The highest BCUT2D eigenvalue weighted by molar-refractivity contribution is 5.93. The SMILES string of the molecule is Cc1nn(C)c(C)c1CNc1cccc2ccncc12. The molecule has 0 spiro atoms. The Morgan fingerprint density at radius 2 is 2.05 bits per heavy atom. The van der Waals surface area contributed by atoms with E-state index in [9.17, 15) is 0 Å². The van der Waals surface area contributed by atoms with Crippen LogP contribution in [0, 0.1) is 13.8 Å². The van der Waals surface area contributed by atoms with Crippen LogP contribution >= 0.6 is 0 Å². The number of aryl methyl sites for hydroxylation is 2. The molecule has 0 aliphatic rings. The maximum absolute atomic E-state index is 4.45. The van der Waals surface area contributed by atoms with Crippen molar-refractivity contribution in [2.24, 2.45) is 7.05 Å². The van der Waals surface area contributed by atoms with E-state index in [4.69, 9.17) is 0 Å². The third-order valence-electron chi connectivity index (χ3n) is 3.80. The standard InChI is InChI=1S/C16H18N4/c1-11-14(12(2)20(3)19-11)10-18-16-6-4-5-13-7-8-17-9-15(13)16/h4-9,18H,10H2,1-3H3. The summed E-state index contributed by atoms with van der Waals surface area (Å²) in [7, 11) is 1.98. The first-order chi connectivity index (χ1) is 9.66. The summed E-state index contributed by atoms with van der Waals surface area (Å²) < 4.78 is 1.93. The molecule has 0 saturated heterocycles. The Hall–Kier alpha value is -2.36. The van der Waals surface area contributed by atoms with Crippen molar-refractivity contribution in [2.75, 3.05) is 5.32 Å². The molecule has 0 saturated carbocycles. The first kappa shape index (κ1) is 12.7. The fraction of sp³-hybridized carbons (Fsp3) is 0.250. The lowest BCUT2D eigenvalue weighted by Crippen LogP contribution is -2.02. The fourth-order valence-electron chi connectivity index (χ4n) is 2.52. The van der Waals surface area contributed by atoms with Crippen LogP contribution in [0.15, 0.2) is 36.7 Å². The first-order valence-corrected chi connectivity index (χ1v) is 6.72. The fourth-order valence-corrected chi connectivity index (χ4v) is 2.52. The van der Waals surface area contributed by atoms with Gasteiger partial charge in [-0.3, -0.25) is 9.67 Å². The number of aromatic nitrogens is 3. The van der Waals surface area contributed by atoms with Gasteiger partial charge in [0.05, 0.1) is 5.69 Å². The van der Waals surface area contributed by atoms with E-state index >= 15 is 0 Å². The minimum atomic E-state index is 0.777. The van der Waals surface area contributed by atoms with Gasteiger partial charge in [-0.15, -0.1) is 0 Å². The number of anilines is 1. The molecule has 1 aromatic carbocycles. The van der Waals surface area contributed by atoms with Gasteiger partial charge in [-0.25, -0.2) is 0 Å². The van der Waals surface area contributed by atoms with Gasteiger partial charge in [0.1, 0.15) is 0 Å². The normalized spacial score (nSPS) is 10.9. The van der Waals surface area contributed by atoms with E-state index in [1.54, 1.807) is 0 Å². The van der Waals surface area contributed by atoms with Gasteiger partial charge >= 0.3 is 0 Å². The average molecular weight is 266 g/mol. The monoisotopic (exact) mass is 266 g/mol. The molecular weight excluding hydrogens is 248 g/mol. The molecule has 2 heterocycles. The largest absolute Gasteiger partial charge is 0.380 e. The zero-order valence-electron chi connectivity index (χ0n) is 12.0. The van der Waals surface area contributed by atoms with E-state index in [1.165, 1.54) is 16.6 Å². The Labute approximate surface area is 118 Å². The van der Waals surface area contributed by atoms with Crippen molar-refractivity contribution in [3.8, 4) is 0 Å². The van der Waals surface area contributed by atoms with Crippen molar-refractivity contribution < 1.29 is 0 Å². The smallest absolute Gasteiger partial charge is 0.0646 e. The number of hydrogen-bond acceptors (Lipinski definition) is 3. The number of rotatable bonds is 3. The number of hydrogen-bond donors (Lipinski definition) is 1. The predicted molar refractivity (Wildman–Crippen MR) is 81.8 cm³/mol. The van der Waals surface area contributed by atoms with Crippen LogP contribution in [-0.4, -0.2) is 14.8 Å². The number of nitrogens with one attached hydrogen (secondary N) is 1. The number of benzene rings is 1. The Morgan fingerprint density at radius 1 is 1.20 bits per heavy atom. The third kappa shape index (κ3) is 2.13. The van der Waals surface area contributed by atoms with Crippen LogP contribution in [0.4, 0.5) is 5.69 Å². The third-order valence-corrected chi connectivity index (χ3v) is 3.80. The van der Waals surface area contributed by atoms with E-state index in [2.05, 4.69) is 47.4 Å². The van der Waals surface area contributed by atoms with Crippen molar-refractivity contribution in [1.82, 2.24) is 14.8 Å². The summed E-state index contributed by atoms with van der Waals surface area (Å²) in [5.41, 5.74) is 4.65. The van der Waals surface area contributed by atoms with Gasteiger partial charge in [-0.05, 0) is 31.4 Å². The summed E-state index contributed by atoms with van der Waals surface area (Å²) in [5.74, 6) is 0. The van der Waals surface area contributed by atoms with E-state index in [-0.39, 0.29) is 0 Å². The molecule has 0 fully saturated rings. The molecule has 0 aliphatic heterocycles. The van der Waals surface area contributed by atoms with E-state index in [0.717, 1.165) is 23.3 Å². The number of fused-ring (bicyclic) bond motifs is 1. The molecule has 0 atom stereocenters. The Kier molecular flexibility index (Phi) is 3.14. The molecule has 20 heavy (non-hydrogen) atoms. The minimum Gasteiger partial charge on any atom is -0.380 e. The molecule has 3 aromatic rings. The average Bonchev–Trinajstić information content (AvgIpc) is 2.70. The van der Waals surface area contributed by atoms with Gasteiger partial charge < -0.3 is 5.32 Å². The summed E-state index contributed by atoms with van der Waals surface area (Å²) in [6.45, 7) is 4.93. The lowest BCUT2D eigenvalue weighted by atomic mass is 10.1. The number of pyridine rings is 1. The van der Waals surface area contributed by atoms with Crippen LogP contribution in [-0.2, 0) is 13.6 Å². The van der Waals surface area contributed by atoms with Gasteiger partial charge in [0.2, 0.25) is 0 Å². The van der Waals surface area contributed by atoms with Crippen LogP contribution in [0.25, 0.3) is 10.8 Å². The van der Waals surface area contributed by atoms with Crippen LogP contribution in [0.3, 0.4) is 0 Å². The number of nitrogens with zero attached hydrogens (tertiary/aromatic N) is 3. The predicted octanol–water partition coefficient (Wildman–Crippen LogP) is 3.20. The molecule has 0 bridgehead atoms. The molecule has 4 nitrogen and oxygen atoms in total. The van der Waals surface area contributed by atoms with Gasteiger partial charge in [0, 0.05) is 48.3 Å². The summed E-state index contributed by atoms with van der Waals surface area (Å²) in [6.07, 6.45) is 3.72. The molecule has 1 N–H and O–H groups in total. The highest BCUT2D eigenvalue weighted by Gasteiger charge is 2.09. The molecule has 4 heteroatoms. The van der Waals surface area contributed by atoms with E-state index in [1.807, 2.05) is 30.2 Å². The maximum atomic E-state index is 4.45. The van der Waals surface area contributed by atoms with Crippen molar-refractivity contribution in [1.29, 1.82) is 0 Å². The minimum absolute atomic E-state index is 0.777. The quantitative estimate of drug-likeness (QED) is 0.791. The zero-order valence-corrected chi connectivity index (χ0v) is 12.0. The van der Waals surface area contributed by atoms with E-state index in [0.29, 0.717) is 0 Å². The Morgan fingerprint density at radius 3 is 2.80 bits per heavy atom. The summed E-state index contributed by atoms with van der Waals surface area (Å²) in [6, 6.07) is 8.28. The maximum Gasteiger partial charge on any atom is 0.0646 e. The highest BCUT2D eigenvalue weighted by atomic mass is 15.3. The zero-order chi connectivity index (χ0) is 14.1. The van der Waals surface area contributed by atoms with Crippen molar-refractivity contribution >= 4 is 16.5 Å².